The van der Waals surface area contributed by atoms with Gasteiger partial charge in [-0.3, -0.25) is 4.79 Å². The van der Waals surface area contributed by atoms with E-state index in [4.69, 9.17) is 5.11 Å². The van der Waals surface area contributed by atoms with Crippen molar-refractivity contribution < 1.29 is 23.1 Å². The smallest absolute Gasteiger partial charge is 0.416 e. The number of carbonyl (C=O) groups is 1. The summed E-state index contributed by atoms with van der Waals surface area (Å²) in [6, 6.07) is 3.61. The van der Waals surface area contributed by atoms with Crippen LogP contribution < -0.4 is 0 Å². The fourth-order valence-corrected chi connectivity index (χ4v) is 1.42. The summed E-state index contributed by atoms with van der Waals surface area (Å²) in [7, 11) is 0. The molecule has 1 N–H and O–H groups in total. The highest BCUT2D eigenvalue weighted by Crippen LogP contribution is 2.30. The Morgan fingerprint density at radius 3 is 2.44 bits per heavy atom. The molecule has 88 valence electrons. The molecule has 0 saturated heterocycles. The van der Waals surface area contributed by atoms with Gasteiger partial charge in [0.2, 0.25) is 0 Å². The van der Waals surface area contributed by atoms with Gasteiger partial charge in [-0.1, -0.05) is 11.6 Å². The summed E-state index contributed by atoms with van der Waals surface area (Å²) in [6.07, 6.45) is -4.44. The summed E-state index contributed by atoms with van der Waals surface area (Å²) in [5.74, 6) is -1.02. The predicted octanol–water partition coefficient (Wildman–Crippen LogP) is 3.03. The molecule has 16 heavy (non-hydrogen) atoms. The van der Waals surface area contributed by atoms with Crippen LogP contribution in [0.25, 0.3) is 0 Å². The average Bonchev–Trinajstić information content (AvgIpc) is 2.12. The maximum absolute atomic E-state index is 12.4. The first-order chi connectivity index (χ1) is 7.29. The van der Waals surface area contributed by atoms with Crippen LogP contribution in [-0.4, -0.2) is 11.1 Å². The SMILES string of the molecule is Cc1cc(CCC(=O)O)cc(C(F)(F)F)c1. The van der Waals surface area contributed by atoms with E-state index >= 15 is 0 Å². The first-order valence-electron chi connectivity index (χ1n) is 4.68. The Bertz CT molecular complexity index is 397. The highest BCUT2D eigenvalue weighted by atomic mass is 19.4. The quantitative estimate of drug-likeness (QED) is 0.869. The average molecular weight is 232 g/mol. The van der Waals surface area contributed by atoms with Crippen molar-refractivity contribution in [3.05, 3.63) is 34.9 Å². The lowest BCUT2D eigenvalue weighted by atomic mass is 10.0. The molecule has 0 amide bonds. The second-order valence-corrected chi connectivity index (χ2v) is 3.60. The first kappa shape index (κ1) is 12.5. The molecule has 0 unspecified atom stereocenters. The number of alkyl halides is 3. The molecule has 0 fully saturated rings. The predicted molar refractivity (Wildman–Crippen MR) is 52.1 cm³/mol. The zero-order valence-electron chi connectivity index (χ0n) is 8.64. The van der Waals surface area contributed by atoms with E-state index in [0.29, 0.717) is 11.1 Å². The Labute approximate surface area is 90.7 Å². The van der Waals surface area contributed by atoms with Gasteiger partial charge in [0.1, 0.15) is 0 Å². The Hall–Kier alpha value is -1.52. The Balaban J connectivity index is 2.94. The van der Waals surface area contributed by atoms with Crippen LogP contribution in [0.5, 0.6) is 0 Å². The van der Waals surface area contributed by atoms with E-state index in [1.807, 2.05) is 0 Å². The maximum Gasteiger partial charge on any atom is 0.416 e. The number of carboxylic acid groups (broad SMARTS) is 1. The number of halogens is 3. The largest absolute Gasteiger partial charge is 0.481 e. The Morgan fingerprint density at radius 1 is 1.31 bits per heavy atom. The van der Waals surface area contributed by atoms with E-state index < -0.39 is 17.7 Å². The molecule has 2 nitrogen and oxygen atoms in total. The van der Waals surface area contributed by atoms with Gasteiger partial charge < -0.3 is 5.11 Å². The van der Waals surface area contributed by atoms with Crippen LogP contribution in [0.15, 0.2) is 18.2 Å². The lowest BCUT2D eigenvalue weighted by Gasteiger charge is -2.10. The van der Waals surface area contributed by atoms with Crippen LogP contribution in [0.3, 0.4) is 0 Å². The fourth-order valence-electron chi connectivity index (χ4n) is 1.42. The molecule has 1 aromatic rings. The molecule has 0 heterocycles. The number of hydrogen-bond acceptors (Lipinski definition) is 1. The minimum absolute atomic E-state index is 0.111. The van der Waals surface area contributed by atoms with Gasteiger partial charge in [-0.15, -0.1) is 0 Å². The highest BCUT2D eigenvalue weighted by Gasteiger charge is 2.30. The summed E-state index contributed by atoms with van der Waals surface area (Å²) >= 11 is 0. The molecule has 0 aliphatic carbocycles. The van der Waals surface area contributed by atoms with Crippen molar-refractivity contribution in [2.24, 2.45) is 0 Å². The topological polar surface area (TPSA) is 37.3 Å². The van der Waals surface area contributed by atoms with Crippen molar-refractivity contribution in [3.63, 3.8) is 0 Å². The van der Waals surface area contributed by atoms with Crippen molar-refractivity contribution in [1.29, 1.82) is 0 Å². The summed E-state index contributed by atoms with van der Waals surface area (Å²) in [5, 5.41) is 8.45. The molecule has 1 rings (SSSR count). The van der Waals surface area contributed by atoms with Gasteiger partial charge in [-0.05, 0) is 31.0 Å². The number of aryl methyl sites for hydroxylation is 2. The zero-order valence-corrected chi connectivity index (χ0v) is 8.64. The minimum Gasteiger partial charge on any atom is -0.481 e. The van der Waals surface area contributed by atoms with Crippen molar-refractivity contribution in [1.82, 2.24) is 0 Å². The standard InChI is InChI=1S/C11H11F3O2/c1-7-4-8(2-3-10(15)16)6-9(5-7)11(12,13)14/h4-6H,2-3H2,1H3,(H,15,16). The highest BCUT2D eigenvalue weighted by molar-refractivity contribution is 5.67. The maximum atomic E-state index is 12.4. The molecular formula is C11H11F3O2. The Kier molecular flexibility index (Phi) is 3.57. The fraction of sp³-hybridized carbons (Fsp3) is 0.364. The first-order valence-corrected chi connectivity index (χ1v) is 4.68. The van der Waals surface area contributed by atoms with Gasteiger partial charge in [-0.2, -0.15) is 13.2 Å². The van der Waals surface area contributed by atoms with Gasteiger partial charge in [0.25, 0.3) is 0 Å². The van der Waals surface area contributed by atoms with Gasteiger partial charge in [0.05, 0.1) is 5.56 Å². The Morgan fingerprint density at radius 2 is 1.94 bits per heavy atom. The lowest BCUT2D eigenvalue weighted by molar-refractivity contribution is -0.137. The summed E-state index contributed by atoms with van der Waals surface area (Å²) in [4.78, 5) is 10.3. The normalized spacial score (nSPS) is 11.5. The van der Waals surface area contributed by atoms with Crippen LogP contribution in [0.2, 0.25) is 0 Å². The zero-order chi connectivity index (χ0) is 12.3. The number of carboxylic acids is 1. The van der Waals surface area contributed by atoms with E-state index in [9.17, 15) is 18.0 Å². The van der Waals surface area contributed by atoms with E-state index in [-0.39, 0.29) is 12.8 Å². The molecule has 0 saturated carbocycles. The van der Waals surface area contributed by atoms with Crippen molar-refractivity contribution >= 4 is 5.97 Å². The van der Waals surface area contributed by atoms with Gasteiger partial charge in [0.15, 0.2) is 0 Å². The lowest BCUT2D eigenvalue weighted by Crippen LogP contribution is -2.07. The second kappa shape index (κ2) is 4.55. The number of rotatable bonds is 3. The summed E-state index contributed by atoms with van der Waals surface area (Å²) in [5.41, 5.74) is 0.151. The molecule has 0 atom stereocenters. The molecule has 0 radical (unpaired) electrons. The van der Waals surface area contributed by atoms with Crippen LogP contribution in [-0.2, 0) is 17.4 Å². The molecule has 0 spiro atoms. The molecule has 0 aliphatic rings. The van der Waals surface area contributed by atoms with E-state index in [1.54, 1.807) is 13.0 Å². The van der Waals surface area contributed by atoms with Gasteiger partial charge in [-0.25, -0.2) is 0 Å². The summed E-state index contributed by atoms with van der Waals surface area (Å²) in [6.45, 7) is 1.56. The monoisotopic (exact) mass is 232 g/mol. The molecule has 1 aromatic carbocycles. The van der Waals surface area contributed by atoms with E-state index in [1.165, 1.54) is 0 Å². The van der Waals surface area contributed by atoms with E-state index in [2.05, 4.69) is 0 Å². The number of benzene rings is 1. The third kappa shape index (κ3) is 3.56. The van der Waals surface area contributed by atoms with Crippen LogP contribution in [0, 0.1) is 6.92 Å². The molecule has 0 aliphatic heterocycles. The minimum atomic E-state index is -4.38. The molecule has 0 bridgehead atoms. The van der Waals surface area contributed by atoms with Gasteiger partial charge in [0, 0.05) is 6.42 Å². The second-order valence-electron chi connectivity index (χ2n) is 3.60. The van der Waals surface area contributed by atoms with Crippen molar-refractivity contribution in [2.45, 2.75) is 25.9 Å². The number of aliphatic carboxylic acids is 1. The van der Waals surface area contributed by atoms with Gasteiger partial charge >= 0.3 is 12.1 Å². The number of hydrogen-bond donors (Lipinski definition) is 1. The third-order valence-electron chi connectivity index (χ3n) is 2.09. The van der Waals surface area contributed by atoms with Crippen molar-refractivity contribution in [3.8, 4) is 0 Å². The van der Waals surface area contributed by atoms with Crippen LogP contribution >= 0.6 is 0 Å². The third-order valence-corrected chi connectivity index (χ3v) is 2.09. The molecule has 0 aromatic heterocycles. The summed E-state index contributed by atoms with van der Waals surface area (Å²) < 4.78 is 37.3. The molecular weight excluding hydrogens is 221 g/mol. The van der Waals surface area contributed by atoms with Crippen LogP contribution in [0.1, 0.15) is 23.1 Å². The van der Waals surface area contributed by atoms with Crippen LogP contribution in [0.4, 0.5) is 13.2 Å². The van der Waals surface area contributed by atoms with Crippen molar-refractivity contribution in [2.75, 3.05) is 0 Å². The van der Waals surface area contributed by atoms with E-state index in [0.717, 1.165) is 12.1 Å². The molecule has 5 heteroatoms.